The first-order chi connectivity index (χ1) is 17.0. The van der Waals surface area contributed by atoms with E-state index in [1.807, 2.05) is 30.5 Å². The number of nitrogens with zero attached hydrogens (tertiary/aromatic N) is 2. The van der Waals surface area contributed by atoms with Crippen LogP contribution in [0.15, 0.2) is 102 Å². The van der Waals surface area contributed by atoms with Crippen molar-refractivity contribution in [1.82, 2.24) is 4.98 Å². The van der Waals surface area contributed by atoms with Crippen LogP contribution in [-0.2, 0) is 0 Å². The molecule has 1 aliphatic carbocycles. The first kappa shape index (κ1) is 22.6. The predicted octanol–water partition coefficient (Wildman–Crippen LogP) is 7.49. The summed E-state index contributed by atoms with van der Waals surface area (Å²) in [5.41, 5.74) is 4.11. The van der Waals surface area contributed by atoms with E-state index in [1.165, 1.54) is 0 Å². The number of dihydropyridines is 1. The van der Waals surface area contributed by atoms with Crippen LogP contribution in [0.2, 0.25) is 5.02 Å². The van der Waals surface area contributed by atoms with Crippen molar-refractivity contribution in [2.45, 2.75) is 13.3 Å². The van der Waals surface area contributed by atoms with Gasteiger partial charge >= 0.3 is 6.03 Å². The van der Waals surface area contributed by atoms with Crippen LogP contribution in [0.25, 0.3) is 5.57 Å². The van der Waals surface area contributed by atoms with Crippen molar-refractivity contribution >= 4 is 40.8 Å². The molecule has 1 atom stereocenters. The van der Waals surface area contributed by atoms with Crippen LogP contribution in [0.4, 0.5) is 16.2 Å². The number of ether oxygens (including phenoxy) is 1. The van der Waals surface area contributed by atoms with Gasteiger partial charge in [0.15, 0.2) is 0 Å². The molecule has 2 heterocycles. The highest BCUT2D eigenvalue weighted by Crippen LogP contribution is 2.49. The quantitative estimate of drug-likeness (QED) is 0.395. The number of allylic oxidation sites excluding steroid dienone is 5. The van der Waals surface area contributed by atoms with E-state index in [2.05, 4.69) is 39.7 Å². The summed E-state index contributed by atoms with van der Waals surface area (Å²) in [5, 5.41) is 6.18. The Hall–Kier alpha value is -4.16. The summed E-state index contributed by atoms with van der Waals surface area (Å²) in [6.07, 6.45) is 12.7. The minimum Gasteiger partial charge on any atom is -0.438 e. The van der Waals surface area contributed by atoms with E-state index in [9.17, 15) is 4.79 Å². The Balaban J connectivity index is 1.30. The molecule has 0 radical (unpaired) electrons. The van der Waals surface area contributed by atoms with Crippen molar-refractivity contribution in [2.24, 2.45) is 10.4 Å². The summed E-state index contributed by atoms with van der Waals surface area (Å²) in [4.78, 5) is 21.4. The molecule has 5 rings (SSSR count). The number of amides is 2. The summed E-state index contributed by atoms with van der Waals surface area (Å²) < 4.78 is 6.18. The summed E-state index contributed by atoms with van der Waals surface area (Å²) in [7, 11) is 0. The van der Waals surface area contributed by atoms with Gasteiger partial charge in [-0.3, -0.25) is 4.99 Å². The number of pyridine rings is 1. The Morgan fingerprint density at radius 1 is 1.00 bits per heavy atom. The Labute approximate surface area is 208 Å². The third-order valence-electron chi connectivity index (χ3n) is 6.02. The lowest BCUT2D eigenvalue weighted by molar-refractivity contribution is 0.262. The second kappa shape index (κ2) is 9.60. The van der Waals surface area contributed by atoms with Crippen molar-refractivity contribution in [3.8, 4) is 11.6 Å². The maximum atomic E-state index is 12.3. The average Bonchev–Trinajstić information content (AvgIpc) is 2.86. The lowest BCUT2D eigenvalue weighted by atomic mass is 9.71. The zero-order valence-corrected chi connectivity index (χ0v) is 19.8. The predicted molar refractivity (Wildman–Crippen MR) is 141 cm³/mol. The Morgan fingerprint density at radius 2 is 1.71 bits per heavy atom. The standard InChI is InChI=1S/C28H23ClN4O2/c1-28-16-3-2-6-25(28)30-18-15-24(28)23-5-4-17-31-26(23)35-22-13-11-21(12-14-22)33-27(34)32-20-9-7-19(29)8-10-20/h2-15,17-18H,16H2,1H3,(H2,32,33,34). The summed E-state index contributed by atoms with van der Waals surface area (Å²) in [6.45, 7) is 2.19. The molecule has 1 unspecified atom stereocenters. The van der Waals surface area contributed by atoms with Crippen LogP contribution in [0.5, 0.6) is 11.6 Å². The molecule has 0 saturated carbocycles. The van der Waals surface area contributed by atoms with Crippen molar-refractivity contribution in [1.29, 1.82) is 0 Å². The van der Waals surface area contributed by atoms with Gasteiger partial charge in [0.05, 0.1) is 5.70 Å². The molecule has 0 fully saturated rings. The van der Waals surface area contributed by atoms with E-state index in [-0.39, 0.29) is 11.4 Å². The molecule has 2 aliphatic rings. The van der Waals surface area contributed by atoms with Gasteiger partial charge in [0.25, 0.3) is 0 Å². The molecule has 6 nitrogen and oxygen atoms in total. The highest BCUT2D eigenvalue weighted by atomic mass is 35.5. The summed E-state index contributed by atoms with van der Waals surface area (Å²) in [5.74, 6) is 1.13. The van der Waals surface area contributed by atoms with Gasteiger partial charge in [-0.25, -0.2) is 9.78 Å². The number of nitrogens with one attached hydrogen (secondary N) is 2. The molecule has 2 aromatic carbocycles. The fraction of sp³-hybridized carbons (Fsp3) is 0.107. The number of aliphatic imine (C=N–C) groups is 1. The average molecular weight is 483 g/mol. The second-order valence-corrected chi connectivity index (χ2v) is 8.88. The number of aromatic nitrogens is 1. The van der Waals surface area contributed by atoms with Gasteiger partial charge in [0.1, 0.15) is 5.75 Å². The molecule has 174 valence electrons. The minimum atomic E-state index is -0.350. The van der Waals surface area contributed by atoms with E-state index in [1.54, 1.807) is 54.7 Å². The van der Waals surface area contributed by atoms with E-state index in [0.717, 1.165) is 23.3 Å². The molecule has 35 heavy (non-hydrogen) atoms. The van der Waals surface area contributed by atoms with Crippen molar-refractivity contribution < 1.29 is 9.53 Å². The zero-order chi connectivity index (χ0) is 24.3. The van der Waals surface area contributed by atoms with Crippen LogP contribution < -0.4 is 15.4 Å². The van der Waals surface area contributed by atoms with E-state index in [4.69, 9.17) is 16.3 Å². The number of carbonyl (C=O) groups excluding carboxylic acids is 1. The highest BCUT2D eigenvalue weighted by molar-refractivity contribution is 6.30. The molecular formula is C28H23ClN4O2. The lowest BCUT2D eigenvalue weighted by Crippen LogP contribution is -2.24. The van der Waals surface area contributed by atoms with Crippen LogP contribution in [0, 0.1) is 5.41 Å². The van der Waals surface area contributed by atoms with Gasteiger partial charge in [0, 0.05) is 39.8 Å². The summed E-state index contributed by atoms with van der Waals surface area (Å²) >= 11 is 5.88. The van der Waals surface area contributed by atoms with Crippen molar-refractivity contribution in [3.05, 3.63) is 107 Å². The lowest BCUT2D eigenvalue weighted by Gasteiger charge is -2.36. The Kier molecular flexibility index (Phi) is 6.21. The molecule has 1 aliphatic heterocycles. The van der Waals surface area contributed by atoms with Gasteiger partial charge in [0.2, 0.25) is 5.88 Å². The molecular weight excluding hydrogens is 460 g/mol. The molecule has 3 aromatic rings. The Morgan fingerprint density at radius 3 is 2.46 bits per heavy atom. The number of urea groups is 1. The van der Waals surface area contributed by atoms with Crippen LogP contribution in [0.3, 0.4) is 0 Å². The van der Waals surface area contributed by atoms with Gasteiger partial charge in [-0.2, -0.15) is 0 Å². The molecule has 0 spiro atoms. The van der Waals surface area contributed by atoms with Gasteiger partial charge in [-0.1, -0.05) is 23.8 Å². The van der Waals surface area contributed by atoms with E-state index >= 15 is 0 Å². The zero-order valence-electron chi connectivity index (χ0n) is 19.0. The molecule has 0 saturated heterocycles. The summed E-state index contributed by atoms with van der Waals surface area (Å²) in [6, 6.07) is 17.6. The number of hydrogen-bond donors (Lipinski definition) is 2. The first-order valence-electron chi connectivity index (χ1n) is 11.2. The number of carbonyl (C=O) groups is 1. The van der Waals surface area contributed by atoms with Gasteiger partial charge < -0.3 is 15.4 Å². The molecule has 0 bridgehead atoms. The number of anilines is 2. The largest absolute Gasteiger partial charge is 0.438 e. The number of fused-ring (bicyclic) bond motifs is 1. The minimum absolute atomic E-state index is 0.240. The molecule has 2 N–H and O–H groups in total. The van der Waals surface area contributed by atoms with Crippen LogP contribution in [0.1, 0.15) is 18.9 Å². The van der Waals surface area contributed by atoms with Crippen LogP contribution in [-0.4, -0.2) is 17.2 Å². The fourth-order valence-electron chi connectivity index (χ4n) is 4.17. The maximum absolute atomic E-state index is 12.3. The van der Waals surface area contributed by atoms with E-state index in [0.29, 0.717) is 28.0 Å². The first-order valence-corrected chi connectivity index (χ1v) is 11.6. The molecule has 7 heteroatoms. The van der Waals surface area contributed by atoms with Crippen LogP contribution >= 0.6 is 11.6 Å². The number of benzene rings is 2. The third-order valence-corrected chi connectivity index (χ3v) is 6.27. The number of rotatable bonds is 5. The van der Waals surface area contributed by atoms with Crippen molar-refractivity contribution in [3.63, 3.8) is 0 Å². The highest BCUT2D eigenvalue weighted by Gasteiger charge is 2.37. The molecule has 1 aromatic heterocycles. The number of hydrogen-bond acceptors (Lipinski definition) is 4. The van der Waals surface area contributed by atoms with Gasteiger partial charge in [-0.05, 0) is 91.7 Å². The van der Waals surface area contributed by atoms with E-state index < -0.39 is 0 Å². The fourth-order valence-corrected chi connectivity index (χ4v) is 4.30. The number of halogens is 1. The topological polar surface area (TPSA) is 75.6 Å². The smallest absolute Gasteiger partial charge is 0.323 e. The second-order valence-electron chi connectivity index (χ2n) is 8.44. The third kappa shape index (κ3) is 4.88. The SMILES string of the molecule is CC12CC=CC=C1N=CC=C2c1cccnc1Oc1ccc(NC(=O)Nc2ccc(Cl)cc2)cc1. The Bertz CT molecular complexity index is 1370. The maximum Gasteiger partial charge on any atom is 0.323 e. The van der Waals surface area contributed by atoms with Gasteiger partial charge in [-0.15, -0.1) is 0 Å². The monoisotopic (exact) mass is 482 g/mol. The van der Waals surface area contributed by atoms with Crippen molar-refractivity contribution in [2.75, 3.05) is 10.6 Å². The normalized spacial score (nSPS) is 18.2. The molecule has 2 amide bonds.